The zero-order chi connectivity index (χ0) is 21.9. The molecule has 1 saturated carbocycles. The van der Waals surface area contributed by atoms with Gasteiger partial charge in [0, 0.05) is 50.7 Å². The van der Waals surface area contributed by atoms with Crippen LogP contribution < -0.4 is 5.32 Å². The Balaban J connectivity index is 1.20. The largest absolute Gasteiger partial charge is 0.352 e. The van der Waals surface area contributed by atoms with Gasteiger partial charge in [-0.05, 0) is 37.1 Å². The lowest BCUT2D eigenvalue weighted by molar-refractivity contribution is -0.133. The van der Waals surface area contributed by atoms with Crippen molar-refractivity contribution in [3.05, 3.63) is 60.4 Å². The molecule has 5 rings (SSSR count). The Morgan fingerprint density at radius 3 is 2.41 bits per heavy atom. The maximum absolute atomic E-state index is 12.9. The van der Waals surface area contributed by atoms with Crippen molar-refractivity contribution in [3.8, 4) is 5.69 Å². The maximum Gasteiger partial charge on any atom is 0.234 e. The van der Waals surface area contributed by atoms with Gasteiger partial charge in [0.05, 0.1) is 17.6 Å². The highest BCUT2D eigenvalue weighted by molar-refractivity contribution is 5.80. The summed E-state index contributed by atoms with van der Waals surface area (Å²) in [5.74, 6) is 1.16. The van der Waals surface area contributed by atoms with Crippen LogP contribution in [0.1, 0.15) is 25.1 Å². The predicted molar refractivity (Wildman–Crippen MR) is 124 cm³/mol. The molecule has 7 heteroatoms. The van der Waals surface area contributed by atoms with Crippen molar-refractivity contribution < 1.29 is 9.59 Å². The first-order chi connectivity index (χ1) is 15.7. The highest BCUT2D eigenvalue weighted by atomic mass is 16.2. The lowest BCUT2D eigenvalue weighted by Gasteiger charge is -2.34. The summed E-state index contributed by atoms with van der Waals surface area (Å²) in [7, 11) is 0. The molecule has 0 unspecified atom stereocenters. The van der Waals surface area contributed by atoms with E-state index in [4.69, 9.17) is 4.98 Å². The van der Waals surface area contributed by atoms with Gasteiger partial charge in [0.2, 0.25) is 11.8 Å². The molecule has 0 spiro atoms. The number of hydrogen-bond acceptors (Lipinski definition) is 4. The number of amides is 2. The molecule has 2 fully saturated rings. The van der Waals surface area contributed by atoms with Crippen molar-refractivity contribution in [2.45, 2.75) is 31.7 Å². The zero-order valence-corrected chi connectivity index (χ0v) is 18.2. The summed E-state index contributed by atoms with van der Waals surface area (Å²) in [6, 6.07) is 18.7. The first-order valence-corrected chi connectivity index (χ1v) is 11.5. The van der Waals surface area contributed by atoms with E-state index in [1.807, 2.05) is 41.3 Å². The summed E-state index contributed by atoms with van der Waals surface area (Å²) >= 11 is 0. The molecule has 2 amide bonds. The smallest absolute Gasteiger partial charge is 0.234 e. The van der Waals surface area contributed by atoms with E-state index in [-0.39, 0.29) is 11.8 Å². The van der Waals surface area contributed by atoms with Crippen LogP contribution in [0.15, 0.2) is 54.6 Å². The summed E-state index contributed by atoms with van der Waals surface area (Å²) in [6.45, 7) is 3.26. The lowest BCUT2D eigenvalue weighted by Crippen LogP contribution is -2.51. The highest BCUT2D eigenvalue weighted by Gasteiger charge is 2.26. The number of nitrogens with zero attached hydrogens (tertiary/aromatic N) is 4. The van der Waals surface area contributed by atoms with Gasteiger partial charge < -0.3 is 10.2 Å². The average molecular weight is 432 g/mol. The minimum Gasteiger partial charge on any atom is -0.352 e. The Bertz CT molecular complexity index is 1100. The fourth-order valence-corrected chi connectivity index (χ4v) is 4.35. The van der Waals surface area contributed by atoms with Gasteiger partial charge in [0.25, 0.3) is 0 Å². The van der Waals surface area contributed by atoms with Crippen molar-refractivity contribution in [3.63, 3.8) is 0 Å². The number of fused-ring (bicyclic) bond motifs is 1. The predicted octanol–water partition coefficient (Wildman–Crippen LogP) is 2.38. The van der Waals surface area contributed by atoms with Gasteiger partial charge in [-0.3, -0.25) is 19.1 Å². The summed E-state index contributed by atoms with van der Waals surface area (Å²) < 4.78 is 2.15. The number of nitrogens with one attached hydrogen (secondary N) is 1. The molecule has 166 valence electrons. The second kappa shape index (κ2) is 9.12. The minimum absolute atomic E-state index is 0.104. The number of hydrogen-bond donors (Lipinski definition) is 1. The number of piperazine rings is 1. The summed E-state index contributed by atoms with van der Waals surface area (Å²) in [5.41, 5.74) is 3.05. The lowest BCUT2D eigenvalue weighted by atomic mass is 10.2. The first kappa shape index (κ1) is 20.7. The van der Waals surface area contributed by atoms with E-state index < -0.39 is 0 Å². The van der Waals surface area contributed by atoms with Gasteiger partial charge in [0.1, 0.15) is 5.82 Å². The van der Waals surface area contributed by atoms with Crippen LogP contribution in [0.4, 0.5) is 0 Å². The molecule has 1 aliphatic carbocycles. The molecular formula is C25H29N5O2. The van der Waals surface area contributed by atoms with E-state index in [2.05, 4.69) is 33.0 Å². The molecule has 3 aromatic rings. The number of imidazole rings is 1. The van der Waals surface area contributed by atoms with Gasteiger partial charge >= 0.3 is 0 Å². The minimum atomic E-state index is 0.104. The number of benzene rings is 2. The average Bonchev–Trinajstić information content (AvgIpc) is 3.55. The number of carbonyl (C=O) groups excluding carboxylic acids is 2. The first-order valence-electron chi connectivity index (χ1n) is 11.5. The molecule has 32 heavy (non-hydrogen) atoms. The molecule has 7 nitrogen and oxygen atoms in total. The van der Waals surface area contributed by atoms with Crippen LogP contribution in [-0.2, 0) is 16.0 Å². The van der Waals surface area contributed by atoms with Crippen LogP contribution in [0, 0.1) is 0 Å². The van der Waals surface area contributed by atoms with Gasteiger partial charge in [-0.25, -0.2) is 4.98 Å². The normalized spacial score (nSPS) is 16.9. The topological polar surface area (TPSA) is 70.5 Å². The van der Waals surface area contributed by atoms with E-state index in [0.29, 0.717) is 38.5 Å². The van der Waals surface area contributed by atoms with E-state index in [1.165, 1.54) is 0 Å². The highest BCUT2D eigenvalue weighted by Crippen LogP contribution is 2.22. The zero-order valence-electron chi connectivity index (χ0n) is 18.2. The van der Waals surface area contributed by atoms with Gasteiger partial charge in [-0.1, -0.05) is 30.3 Å². The number of para-hydroxylation sites is 3. The van der Waals surface area contributed by atoms with Crippen molar-refractivity contribution in [2.24, 2.45) is 0 Å². The molecule has 2 aliphatic rings. The Morgan fingerprint density at radius 1 is 0.938 bits per heavy atom. The molecule has 0 atom stereocenters. The maximum atomic E-state index is 12.9. The molecule has 1 aliphatic heterocycles. The van der Waals surface area contributed by atoms with Crippen LogP contribution in [0.5, 0.6) is 0 Å². The Kier molecular flexibility index (Phi) is 5.90. The quantitative estimate of drug-likeness (QED) is 0.624. The van der Waals surface area contributed by atoms with Crippen LogP contribution in [0.3, 0.4) is 0 Å². The third-order valence-electron chi connectivity index (χ3n) is 6.24. The molecular weight excluding hydrogens is 402 g/mol. The third kappa shape index (κ3) is 4.67. The van der Waals surface area contributed by atoms with Crippen LogP contribution in [0.2, 0.25) is 0 Å². The molecule has 2 heterocycles. The Labute approximate surface area is 188 Å². The molecule has 0 radical (unpaired) electrons. The van der Waals surface area contributed by atoms with Gasteiger partial charge in [-0.2, -0.15) is 0 Å². The number of aryl methyl sites for hydroxylation is 1. The number of rotatable bonds is 7. The monoisotopic (exact) mass is 431 g/mol. The van der Waals surface area contributed by atoms with Crippen LogP contribution in [-0.4, -0.2) is 69.9 Å². The summed E-state index contributed by atoms with van der Waals surface area (Å²) in [6.07, 6.45) is 3.23. The van der Waals surface area contributed by atoms with E-state index in [1.54, 1.807) is 0 Å². The molecule has 0 bridgehead atoms. The van der Waals surface area contributed by atoms with Crippen molar-refractivity contribution in [1.29, 1.82) is 0 Å². The molecule has 1 aromatic heterocycles. The molecule has 1 saturated heterocycles. The summed E-state index contributed by atoms with van der Waals surface area (Å²) in [4.78, 5) is 33.8. The Hall–Kier alpha value is -3.19. The number of carbonyl (C=O) groups is 2. The number of aromatic nitrogens is 2. The Morgan fingerprint density at radius 2 is 1.66 bits per heavy atom. The van der Waals surface area contributed by atoms with Crippen molar-refractivity contribution >= 4 is 22.8 Å². The van der Waals surface area contributed by atoms with Crippen LogP contribution >= 0.6 is 0 Å². The van der Waals surface area contributed by atoms with E-state index in [9.17, 15) is 9.59 Å². The van der Waals surface area contributed by atoms with Gasteiger partial charge in [-0.15, -0.1) is 0 Å². The van der Waals surface area contributed by atoms with Crippen molar-refractivity contribution in [2.75, 3.05) is 32.7 Å². The van der Waals surface area contributed by atoms with Gasteiger partial charge in [0.15, 0.2) is 0 Å². The summed E-state index contributed by atoms with van der Waals surface area (Å²) in [5, 5.41) is 3.03. The second-order valence-electron chi connectivity index (χ2n) is 8.69. The van der Waals surface area contributed by atoms with Crippen molar-refractivity contribution in [1.82, 2.24) is 24.7 Å². The second-order valence-corrected chi connectivity index (χ2v) is 8.69. The third-order valence-corrected chi connectivity index (χ3v) is 6.24. The fraction of sp³-hybridized carbons (Fsp3) is 0.400. The van der Waals surface area contributed by atoms with Crippen LogP contribution in [0.25, 0.3) is 16.7 Å². The molecule has 1 N–H and O–H groups in total. The fourth-order valence-electron chi connectivity index (χ4n) is 4.35. The SMILES string of the molecule is O=C(CN1CCN(C(=O)CCc2nc3ccccc3n2-c2ccccc2)CC1)NC1CC1. The van der Waals surface area contributed by atoms with E-state index in [0.717, 1.165) is 48.5 Å². The molecule has 2 aromatic carbocycles. The standard InChI is InChI=1S/C25H29N5O2/c31-24(26-19-10-11-19)18-28-14-16-29(17-15-28)25(32)13-12-23-27-21-8-4-5-9-22(21)30(23)20-6-2-1-3-7-20/h1-9,19H,10-18H2,(H,26,31). The van der Waals surface area contributed by atoms with E-state index >= 15 is 0 Å².